The molecule has 1 aromatic carbocycles. The highest BCUT2D eigenvalue weighted by Crippen LogP contribution is 2.24. The maximum absolute atomic E-state index is 12.5. The molecule has 0 radical (unpaired) electrons. The van der Waals surface area contributed by atoms with Crippen LogP contribution in [-0.4, -0.2) is 72.1 Å². The lowest BCUT2D eigenvalue weighted by Gasteiger charge is -2.39. The highest BCUT2D eigenvalue weighted by molar-refractivity contribution is 5.96. The van der Waals surface area contributed by atoms with E-state index in [0.717, 1.165) is 45.8 Å². The van der Waals surface area contributed by atoms with E-state index in [2.05, 4.69) is 15.1 Å². The maximum Gasteiger partial charge on any atom is 0.292 e. The van der Waals surface area contributed by atoms with Gasteiger partial charge in [0.2, 0.25) is 5.91 Å². The van der Waals surface area contributed by atoms with Crippen LogP contribution in [0.4, 0.5) is 11.4 Å². The average molecular weight is 348 g/mol. The van der Waals surface area contributed by atoms with E-state index < -0.39 is 4.92 Å². The first-order chi connectivity index (χ1) is 12.1. The molecule has 2 saturated heterocycles. The summed E-state index contributed by atoms with van der Waals surface area (Å²) in [5.41, 5.74) is 0.153. The van der Waals surface area contributed by atoms with Gasteiger partial charge in [-0.25, -0.2) is 0 Å². The molecule has 1 aromatic rings. The van der Waals surface area contributed by atoms with Crippen molar-refractivity contribution >= 4 is 17.3 Å². The first-order valence-electron chi connectivity index (χ1n) is 8.66. The zero-order chi connectivity index (χ0) is 17.8. The number of hydrogen-bond acceptors (Lipinski definition) is 6. The van der Waals surface area contributed by atoms with Crippen molar-refractivity contribution in [2.24, 2.45) is 0 Å². The molecule has 25 heavy (non-hydrogen) atoms. The lowest BCUT2D eigenvalue weighted by Crippen LogP contribution is -2.55. The zero-order valence-corrected chi connectivity index (χ0v) is 14.4. The summed E-state index contributed by atoms with van der Waals surface area (Å²) in [5.74, 6) is -0.216. The van der Waals surface area contributed by atoms with Gasteiger partial charge in [0.1, 0.15) is 5.69 Å². The molecule has 0 saturated carbocycles. The van der Waals surface area contributed by atoms with E-state index >= 15 is 0 Å². The number of anilines is 1. The predicted molar refractivity (Wildman–Crippen MR) is 93.6 cm³/mol. The summed E-state index contributed by atoms with van der Waals surface area (Å²) in [6.07, 6.45) is 1.08. The predicted octanol–water partition coefficient (Wildman–Crippen LogP) is 1.33. The number of hydrogen-bond donors (Lipinski definition) is 1. The quantitative estimate of drug-likeness (QED) is 0.638. The molecule has 1 N–H and O–H groups in total. The van der Waals surface area contributed by atoms with Crippen LogP contribution < -0.4 is 5.32 Å². The zero-order valence-electron chi connectivity index (χ0n) is 14.4. The summed E-state index contributed by atoms with van der Waals surface area (Å²) in [6.45, 7) is 6.92. The van der Waals surface area contributed by atoms with E-state index in [1.807, 2.05) is 6.92 Å². The molecule has 2 aliphatic rings. The van der Waals surface area contributed by atoms with Crippen LogP contribution in [0.2, 0.25) is 0 Å². The summed E-state index contributed by atoms with van der Waals surface area (Å²) < 4.78 is 5.45. The molecule has 8 nitrogen and oxygen atoms in total. The van der Waals surface area contributed by atoms with Crippen LogP contribution in [0.25, 0.3) is 0 Å². The van der Waals surface area contributed by atoms with Gasteiger partial charge in [0.25, 0.3) is 5.69 Å². The molecule has 0 aromatic heterocycles. The summed E-state index contributed by atoms with van der Waals surface area (Å²) in [5, 5.41) is 13.8. The number of carbonyl (C=O) groups excluding carboxylic acids is 1. The third-order valence-corrected chi connectivity index (χ3v) is 5.06. The van der Waals surface area contributed by atoms with Gasteiger partial charge in [-0.05, 0) is 19.4 Å². The van der Waals surface area contributed by atoms with Gasteiger partial charge < -0.3 is 10.1 Å². The molecule has 136 valence electrons. The van der Waals surface area contributed by atoms with E-state index in [1.165, 1.54) is 6.07 Å². The van der Waals surface area contributed by atoms with Crippen molar-refractivity contribution in [3.63, 3.8) is 0 Å². The van der Waals surface area contributed by atoms with Crippen molar-refractivity contribution in [1.82, 2.24) is 9.80 Å². The fourth-order valence-electron chi connectivity index (χ4n) is 3.44. The Morgan fingerprint density at radius 1 is 1.32 bits per heavy atom. The molecular weight excluding hydrogens is 324 g/mol. The fourth-order valence-corrected chi connectivity index (χ4v) is 3.44. The lowest BCUT2D eigenvalue weighted by molar-refractivity contribution is -0.383. The smallest absolute Gasteiger partial charge is 0.292 e. The minimum Gasteiger partial charge on any atom is -0.380 e. The summed E-state index contributed by atoms with van der Waals surface area (Å²) in [4.78, 5) is 27.6. The number of piperazine rings is 1. The Balaban J connectivity index is 1.55. The molecule has 3 rings (SSSR count). The Hall–Kier alpha value is -2.03. The topological polar surface area (TPSA) is 87.9 Å². The van der Waals surface area contributed by atoms with Crippen molar-refractivity contribution in [1.29, 1.82) is 0 Å². The SMILES string of the molecule is C[C@H](C(=O)Nc1ccccc1[N+](=O)[O-])N1CCN([C@H]2CCOC2)CC1. The number of carbonyl (C=O) groups is 1. The van der Waals surface area contributed by atoms with Crippen molar-refractivity contribution < 1.29 is 14.5 Å². The van der Waals surface area contributed by atoms with Crippen molar-refractivity contribution in [3.05, 3.63) is 34.4 Å². The second kappa shape index (κ2) is 7.90. The Morgan fingerprint density at radius 3 is 2.68 bits per heavy atom. The summed E-state index contributed by atoms with van der Waals surface area (Å²) in [7, 11) is 0. The van der Waals surface area contributed by atoms with E-state index in [4.69, 9.17) is 4.74 Å². The van der Waals surface area contributed by atoms with Crippen LogP contribution in [0.1, 0.15) is 13.3 Å². The highest BCUT2D eigenvalue weighted by atomic mass is 16.6. The van der Waals surface area contributed by atoms with Gasteiger partial charge in [-0.1, -0.05) is 12.1 Å². The normalized spacial score (nSPS) is 23.3. The number of rotatable bonds is 5. The van der Waals surface area contributed by atoms with Crippen LogP contribution in [0, 0.1) is 10.1 Å². The third kappa shape index (κ3) is 4.15. The standard InChI is InChI=1S/C17H24N4O4/c1-13(17(22)18-15-4-2-3-5-16(15)21(23)24)19-7-9-20(10-8-19)14-6-11-25-12-14/h2-5,13-14H,6-12H2,1H3,(H,18,22)/t13-,14+/m1/s1. The molecule has 2 atom stereocenters. The first-order valence-corrected chi connectivity index (χ1v) is 8.66. The van der Waals surface area contributed by atoms with Crippen LogP contribution in [0.5, 0.6) is 0 Å². The van der Waals surface area contributed by atoms with E-state index in [0.29, 0.717) is 6.04 Å². The molecule has 0 spiro atoms. The van der Waals surface area contributed by atoms with Crippen molar-refractivity contribution in [2.45, 2.75) is 25.4 Å². The highest BCUT2D eigenvalue weighted by Gasteiger charge is 2.30. The average Bonchev–Trinajstić information content (AvgIpc) is 3.16. The molecule has 1 amide bonds. The number of para-hydroxylation sites is 2. The molecule has 8 heteroatoms. The van der Waals surface area contributed by atoms with Gasteiger partial charge in [-0.15, -0.1) is 0 Å². The number of ether oxygens (including phenoxy) is 1. The second-order valence-electron chi connectivity index (χ2n) is 6.53. The van der Waals surface area contributed by atoms with E-state index in [1.54, 1.807) is 18.2 Å². The third-order valence-electron chi connectivity index (χ3n) is 5.06. The second-order valence-corrected chi connectivity index (χ2v) is 6.53. The first kappa shape index (κ1) is 17.8. The maximum atomic E-state index is 12.5. The molecule has 0 aliphatic carbocycles. The lowest BCUT2D eigenvalue weighted by atomic mass is 10.1. The number of nitro benzene ring substituents is 1. The molecule has 0 bridgehead atoms. The van der Waals surface area contributed by atoms with Gasteiger partial charge in [0.15, 0.2) is 0 Å². The Morgan fingerprint density at radius 2 is 2.04 bits per heavy atom. The summed E-state index contributed by atoms with van der Waals surface area (Å²) in [6, 6.07) is 6.38. The van der Waals surface area contributed by atoms with Gasteiger partial charge >= 0.3 is 0 Å². The molecule has 2 heterocycles. The van der Waals surface area contributed by atoms with Crippen LogP contribution >= 0.6 is 0 Å². The molecule has 2 aliphatic heterocycles. The van der Waals surface area contributed by atoms with Gasteiger partial charge in [0.05, 0.1) is 17.6 Å². The van der Waals surface area contributed by atoms with Gasteiger partial charge in [0, 0.05) is 44.9 Å². The minimum absolute atomic E-state index is 0.0888. The van der Waals surface area contributed by atoms with Crippen LogP contribution in [-0.2, 0) is 9.53 Å². The van der Waals surface area contributed by atoms with Crippen LogP contribution in [0.15, 0.2) is 24.3 Å². The molecule has 2 fully saturated rings. The van der Waals surface area contributed by atoms with Crippen LogP contribution in [0.3, 0.4) is 0 Å². The molecule has 0 unspecified atom stereocenters. The summed E-state index contributed by atoms with van der Waals surface area (Å²) >= 11 is 0. The van der Waals surface area contributed by atoms with E-state index in [9.17, 15) is 14.9 Å². The Bertz CT molecular complexity index is 625. The van der Waals surface area contributed by atoms with Gasteiger partial charge in [-0.3, -0.25) is 24.7 Å². The number of nitrogens with zero attached hydrogens (tertiary/aromatic N) is 3. The Labute approximate surface area is 146 Å². The molecular formula is C17H24N4O4. The van der Waals surface area contributed by atoms with Gasteiger partial charge in [-0.2, -0.15) is 0 Å². The number of nitrogens with one attached hydrogen (secondary N) is 1. The Kier molecular flexibility index (Phi) is 5.62. The monoisotopic (exact) mass is 348 g/mol. The van der Waals surface area contributed by atoms with Crippen molar-refractivity contribution in [2.75, 3.05) is 44.7 Å². The number of nitro groups is 1. The minimum atomic E-state index is -0.483. The van der Waals surface area contributed by atoms with E-state index in [-0.39, 0.29) is 23.3 Å². The fraction of sp³-hybridized carbons (Fsp3) is 0.588. The number of benzene rings is 1. The van der Waals surface area contributed by atoms with Crippen molar-refractivity contribution in [3.8, 4) is 0 Å². The number of amides is 1. The largest absolute Gasteiger partial charge is 0.380 e.